The molecule has 1 saturated carbocycles. The summed E-state index contributed by atoms with van der Waals surface area (Å²) in [7, 11) is 0. The van der Waals surface area contributed by atoms with Crippen LogP contribution in [0.4, 0.5) is 0 Å². The number of fused-ring (bicyclic) bond motifs is 2. The number of hydrogen-bond acceptors (Lipinski definition) is 2. The Balaban J connectivity index is 1.54. The van der Waals surface area contributed by atoms with Gasteiger partial charge in [0.05, 0.1) is 6.10 Å². The summed E-state index contributed by atoms with van der Waals surface area (Å²) in [4.78, 5) is 11.5. The minimum Gasteiger partial charge on any atom is -0.233 e. The highest BCUT2D eigenvalue weighted by Gasteiger charge is 2.46. The maximum absolute atomic E-state index is 5.84. The van der Waals surface area contributed by atoms with Crippen molar-refractivity contribution in [1.82, 2.24) is 0 Å². The van der Waals surface area contributed by atoms with Crippen LogP contribution in [0.5, 0.6) is 0 Å². The number of rotatable bonds is 4. The Morgan fingerprint density at radius 2 is 2.00 bits per heavy atom. The van der Waals surface area contributed by atoms with E-state index in [1.165, 1.54) is 31.2 Å². The molecule has 2 nitrogen and oxygen atoms in total. The maximum Gasteiger partial charge on any atom is 0.104 e. The van der Waals surface area contributed by atoms with Gasteiger partial charge in [-0.25, -0.2) is 9.78 Å². The van der Waals surface area contributed by atoms with Crippen molar-refractivity contribution in [3.8, 4) is 0 Å². The lowest BCUT2D eigenvalue weighted by molar-refractivity contribution is -0.434. The summed E-state index contributed by atoms with van der Waals surface area (Å²) in [5, 5.41) is 0. The molecular formula is C18H26O2. The zero-order chi connectivity index (χ0) is 14.0. The maximum atomic E-state index is 5.84. The molecule has 2 aliphatic rings. The van der Waals surface area contributed by atoms with Gasteiger partial charge in [-0.15, -0.1) is 0 Å². The third-order valence-electron chi connectivity index (χ3n) is 5.33. The molecule has 1 aromatic carbocycles. The monoisotopic (exact) mass is 274 g/mol. The van der Waals surface area contributed by atoms with Crippen LogP contribution in [0.1, 0.15) is 51.5 Å². The first-order chi connectivity index (χ1) is 9.67. The molecule has 0 unspecified atom stereocenters. The Labute approximate surface area is 122 Å². The van der Waals surface area contributed by atoms with Crippen molar-refractivity contribution < 1.29 is 9.78 Å². The van der Waals surface area contributed by atoms with Crippen molar-refractivity contribution >= 4 is 0 Å². The van der Waals surface area contributed by atoms with Crippen LogP contribution >= 0.6 is 0 Å². The Hall–Kier alpha value is -0.860. The summed E-state index contributed by atoms with van der Waals surface area (Å²) in [6.45, 7) is 4.52. The van der Waals surface area contributed by atoms with Crippen molar-refractivity contribution in [2.75, 3.05) is 0 Å². The Morgan fingerprint density at radius 1 is 1.20 bits per heavy atom. The van der Waals surface area contributed by atoms with Crippen LogP contribution in [0, 0.1) is 11.8 Å². The highest BCUT2D eigenvalue weighted by molar-refractivity contribution is 5.14. The average Bonchev–Trinajstić information content (AvgIpc) is 2.47. The zero-order valence-corrected chi connectivity index (χ0v) is 12.7. The Morgan fingerprint density at radius 3 is 2.80 bits per heavy atom. The Bertz CT molecular complexity index is 430. The fourth-order valence-corrected chi connectivity index (χ4v) is 3.74. The van der Waals surface area contributed by atoms with Gasteiger partial charge in [0.25, 0.3) is 0 Å². The smallest absolute Gasteiger partial charge is 0.104 e. The van der Waals surface area contributed by atoms with E-state index in [-0.39, 0.29) is 5.60 Å². The summed E-state index contributed by atoms with van der Waals surface area (Å²) in [5.74, 6) is 1.33. The molecule has 1 aliphatic heterocycles. The van der Waals surface area contributed by atoms with Crippen molar-refractivity contribution in [2.24, 2.45) is 11.8 Å². The first-order valence-electron chi connectivity index (χ1n) is 8.06. The largest absolute Gasteiger partial charge is 0.233 e. The van der Waals surface area contributed by atoms with Crippen molar-refractivity contribution in [2.45, 2.75) is 64.1 Å². The van der Waals surface area contributed by atoms with Crippen LogP contribution in [-0.2, 0) is 16.2 Å². The molecule has 1 aromatic rings. The van der Waals surface area contributed by atoms with Gasteiger partial charge in [0, 0.05) is 0 Å². The second-order valence-corrected chi connectivity index (χ2v) is 6.86. The van der Waals surface area contributed by atoms with Gasteiger partial charge in [0.2, 0.25) is 0 Å². The molecule has 2 bridgehead atoms. The molecule has 0 radical (unpaired) electrons. The number of aryl methyl sites for hydroxylation is 1. The Kier molecular flexibility index (Phi) is 4.13. The first kappa shape index (κ1) is 14.1. The predicted octanol–water partition coefficient (Wildman–Crippen LogP) is 4.53. The van der Waals surface area contributed by atoms with Gasteiger partial charge < -0.3 is 0 Å². The topological polar surface area (TPSA) is 18.5 Å². The van der Waals surface area contributed by atoms with Gasteiger partial charge in [-0.3, -0.25) is 0 Å². The molecule has 4 atom stereocenters. The standard InChI is InChI=1S/C18H26O2/c1-14-10-11-16-13-17(14)19-20-18(16,2)12-6-9-15-7-4-3-5-8-15/h3-5,7-8,14,16-17H,6,9-13H2,1-2H3/t14-,16+,17-,18-/m1/s1. The van der Waals surface area contributed by atoms with E-state index < -0.39 is 0 Å². The highest BCUT2D eigenvalue weighted by Crippen LogP contribution is 2.45. The third-order valence-corrected chi connectivity index (χ3v) is 5.33. The third kappa shape index (κ3) is 2.91. The second kappa shape index (κ2) is 5.87. The van der Waals surface area contributed by atoms with Crippen LogP contribution in [0.25, 0.3) is 0 Å². The van der Waals surface area contributed by atoms with Crippen molar-refractivity contribution in [1.29, 1.82) is 0 Å². The van der Waals surface area contributed by atoms with E-state index in [2.05, 4.69) is 44.2 Å². The highest BCUT2D eigenvalue weighted by atomic mass is 17.2. The predicted molar refractivity (Wildman–Crippen MR) is 80.2 cm³/mol. The van der Waals surface area contributed by atoms with E-state index in [0.29, 0.717) is 17.9 Å². The second-order valence-electron chi connectivity index (χ2n) is 6.86. The summed E-state index contributed by atoms with van der Waals surface area (Å²) >= 11 is 0. The van der Waals surface area contributed by atoms with E-state index in [4.69, 9.17) is 9.78 Å². The molecule has 0 N–H and O–H groups in total. The summed E-state index contributed by atoms with van der Waals surface area (Å²) in [5.41, 5.74) is 1.34. The molecule has 20 heavy (non-hydrogen) atoms. The lowest BCUT2D eigenvalue weighted by atomic mass is 9.71. The fraction of sp³-hybridized carbons (Fsp3) is 0.667. The van der Waals surface area contributed by atoms with Crippen LogP contribution in [0.3, 0.4) is 0 Å². The average molecular weight is 274 g/mol. The molecule has 1 saturated heterocycles. The normalized spacial score (nSPS) is 36.8. The molecule has 2 fully saturated rings. The van der Waals surface area contributed by atoms with Crippen LogP contribution in [0.15, 0.2) is 30.3 Å². The molecular weight excluding hydrogens is 248 g/mol. The van der Waals surface area contributed by atoms with Crippen LogP contribution in [0.2, 0.25) is 0 Å². The van der Waals surface area contributed by atoms with Gasteiger partial charge in [-0.2, -0.15) is 0 Å². The summed E-state index contributed by atoms with van der Waals surface area (Å²) < 4.78 is 0. The van der Waals surface area contributed by atoms with Crippen molar-refractivity contribution in [3.63, 3.8) is 0 Å². The minimum atomic E-state index is -0.0780. The van der Waals surface area contributed by atoms with Crippen LogP contribution < -0.4 is 0 Å². The van der Waals surface area contributed by atoms with Gasteiger partial charge in [0.15, 0.2) is 0 Å². The van der Waals surface area contributed by atoms with Gasteiger partial charge in [0.1, 0.15) is 5.60 Å². The lowest BCUT2D eigenvalue weighted by Crippen LogP contribution is -2.50. The molecule has 2 heteroatoms. The molecule has 3 rings (SSSR count). The molecule has 0 spiro atoms. The van der Waals surface area contributed by atoms with E-state index in [1.807, 2.05) is 0 Å². The van der Waals surface area contributed by atoms with E-state index in [0.717, 1.165) is 12.8 Å². The molecule has 1 aliphatic carbocycles. The van der Waals surface area contributed by atoms with Crippen LogP contribution in [-0.4, -0.2) is 11.7 Å². The fourth-order valence-electron chi connectivity index (χ4n) is 3.74. The molecule has 0 aromatic heterocycles. The molecule has 1 heterocycles. The van der Waals surface area contributed by atoms with Crippen molar-refractivity contribution in [3.05, 3.63) is 35.9 Å². The first-order valence-corrected chi connectivity index (χ1v) is 8.06. The SMILES string of the molecule is C[C@@H]1CC[C@H]2C[C@H]1OO[C@]2(C)CCCc1ccccc1. The molecule has 110 valence electrons. The van der Waals surface area contributed by atoms with E-state index >= 15 is 0 Å². The summed E-state index contributed by atoms with van der Waals surface area (Å²) in [6.07, 6.45) is 7.48. The lowest BCUT2D eigenvalue weighted by Gasteiger charge is -2.48. The number of benzene rings is 1. The summed E-state index contributed by atoms with van der Waals surface area (Å²) in [6, 6.07) is 10.7. The van der Waals surface area contributed by atoms with E-state index in [1.54, 1.807) is 0 Å². The van der Waals surface area contributed by atoms with E-state index in [9.17, 15) is 0 Å². The quantitative estimate of drug-likeness (QED) is 0.751. The zero-order valence-electron chi connectivity index (χ0n) is 12.7. The molecule has 0 amide bonds. The number of hydrogen-bond donors (Lipinski definition) is 0. The minimum absolute atomic E-state index is 0.0780. The van der Waals surface area contributed by atoms with Gasteiger partial charge in [-0.1, -0.05) is 37.3 Å². The van der Waals surface area contributed by atoms with Gasteiger partial charge in [-0.05, 0) is 62.8 Å². The van der Waals surface area contributed by atoms with Gasteiger partial charge >= 0.3 is 0 Å².